The normalized spacial score (nSPS) is 15.5. The Morgan fingerprint density at radius 3 is 2.17 bits per heavy atom. The highest BCUT2D eigenvalue weighted by molar-refractivity contribution is 7.90. The van der Waals surface area contributed by atoms with Crippen molar-refractivity contribution in [2.75, 3.05) is 13.6 Å². The summed E-state index contributed by atoms with van der Waals surface area (Å²) in [6, 6.07) is 3.92. The number of nitrogens with one attached hydrogen (secondary N) is 2. The van der Waals surface area contributed by atoms with Crippen molar-refractivity contribution >= 4 is 20.0 Å². The molecule has 9 heteroatoms. The maximum Gasteiger partial charge on any atom is 0.241 e. The molecular formula is C15H27N3O4S2. The second-order valence-electron chi connectivity index (χ2n) is 6.60. The molecule has 1 rings (SSSR count). The summed E-state index contributed by atoms with van der Waals surface area (Å²) in [5.41, 5.74) is 5.34. The summed E-state index contributed by atoms with van der Waals surface area (Å²) in [6.45, 7) is 7.46. The van der Waals surface area contributed by atoms with E-state index in [-0.39, 0.29) is 22.3 Å². The van der Waals surface area contributed by atoms with Crippen LogP contribution < -0.4 is 15.2 Å². The van der Waals surface area contributed by atoms with Crippen LogP contribution in [0.1, 0.15) is 32.8 Å². The van der Waals surface area contributed by atoms with Crippen molar-refractivity contribution in [3.05, 3.63) is 23.8 Å². The van der Waals surface area contributed by atoms with E-state index in [4.69, 9.17) is 5.73 Å². The van der Waals surface area contributed by atoms with E-state index in [1.807, 2.05) is 13.8 Å². The fraction of sp³-hybridized carbons (Fsp3) is 0.600. The first-order chi connectivity index (χ1) is 10.9. The van der Waals surface area contributed by atoms with Gasteiger partial charge in [0.25, 0.3) is 0 Å². The summed E-state index contributed by atoms with van der Waals surface area (Å²) in [6.07, 6.45) is 0.591. The molecule has 0 aliphatic heterocycles. The van der Waals surface area contributed by atoms with Gasteiger partial charge in [-0.15, -0.1) is 0 Å². The van der Waals surface area contributed by atoms with E-state index in [1.54, 1.807) is 13.8 Å². The lowest BCUT2D eigenvalue weighted by molar-refractivity contribution is 0.344. The number of hydrogen-bond donors (Lipinski definition) is 3. The quantitative estimate of drug-likeness (QED) is 0.623. The van der Waals surface area contributed by atoms with Gasteiger partial charge in [0.15, 0.2) is 0 Å². The molecule has 0 bridgehead atoms. The van der Waals surface area contributed by atoms with Crippen LogP contribution in [0, 0.1) is 12.8 Å². The second kappa shape index (κ2) is 7.49. The van der Waals surface area contributed by atoms with E-state index in [0.717, 1.165) is 0 Å². The van der Waals surface area contributed by atoms with Crippen molar-refractivity contribution in [1.29, 1.82) is 0 Å². The molecule has 4 N–H and O–H groups in total. The number of benzene rings is 1. The maximum atomic E-state index is 12.6. The number of sulfonamides is 2. The summed E-state index contributed by atoms with van der Waals surface area (Å²) in [5.74, 6) is 0.270. The van der Waals surface area contributed by atoms with Gasteiger partial charge in [-0.2, -0.15) is 0 Å². The number of rotatable bonds is 8. The van der Waals surface area contributed by atoms with E-state index in [2.05, 4.69) is 9.44 Å². The molecule has 0 spiro atoms. The molecule has 1 aromatic carbocycles. The Bertz CT molecular complexity index is 789. The Morgan fingerprint density at radius 2 is 1.75 bits per heavy atom. The lowest BCUT2D eigenvalue weighted by Crippen LogP contribution is -2.52. The molecule has 0 saturated carbocycles. The zero-order valence-electron chi connectivity index (χ0n) is 14.8. The van der Waals surface area contributed by atoms with Crippen molar-refractivity contribution < 1.29 is 16.8 Å². The maximum absolute atomic E-state index is 12.6. The molecule has 7 nitrogen and oxygen atoms in total. The minimum absolute atomic E-state index is 0.0125. The summed E-state index contributed by atoms with van der Waals surface area (Å²) >= 11 is 0. The van der Waals surface area contributed by atoms with Gasteiger partial charge in [0.05, 0.1) is 9.79 Å². The van der Waals surface area contributed by atoms with Gasteiger partial charge in [0.2, 0.25) is 20.0 Å². The first-order valence-electron chi connectivity index (χ1n) is 7.65. The molecule has 0 aromatic heterocycles. The standard InChI is InChI=1S/C15H27N3O4S2/c1-11(2)9-15(4,10-16)18-23(19,20)13-6-7-14(12(3)8-13)24(21,22)17-5/h6-8,11,17-18H,9-10,16H2,1-5H3. The first kappa shape index (κ1) is 21.0. The summed E-state index contributed by atoms with van der Waals surface area (Å²) in [5, 5.41) is 0. The molecule has 0 amide bonds. The minimum Gasteiger partial charge on any atom is -0.329 e. The molecule has 0 aliphatic carbocycles. The van der Waals surface area contributed by atoms with E-state index >= 15 is 0 Å². The molecule has 0 heterocycles. The topological polar surface area (TPSA) is 118 Å². The van der Waals surface area contributed by atoms with Crippen LogP contribution in [0.2, 0.25) is 0 Å². The fourth-order valence-corrected chi connectivity index (χ4v) is 5.11. The molecule has 24 heavy (non-hydrogen) atoms. The van der Waals surface area contributed by atoms with E-state index in [9.17, 15) is 16.8 Å². The van der Waals surface area contributed by atoms with Crippen molar-refractivity contribution in [3.8, 4) is 0 Å². The largest absolute Gasteiger partial charge is 0.329 e. The average molecular weight is 378 g/mol. The highest BCUT2D eigenvalue weighted by Crippen LogP contribution is 2.22. The highest BCUT2D eigenvalue weighted by Gasteiger charge is 2.30. The zero-order chi connectivity index (χ0) is 18.8. The number of hydrogen-bond acceptors (Lipinski definition) is 5. The van der Waals surface area contributed by atoms with Crippen LogP contribution in [-0.4, -0.2) is 36.0 Å². The van der Waals surface area contributed by atoms with Crippen LogP contribution in [0.25, 0.3) is 0 Å². The van der Waals surface area contributed by atoms with Crippen molar-refractivity contribution in [2.24, 2.45) is 11.7 Å². The van der Waals surface area contributed by atoms with Crippen molar-refractivity contribution in [3.63, 3.8) is 0 Å². The molecule has 1 unspecified atom stereocenters. The second-order valence-corrected chi connectivity index (χ2v) is 10.1. The molecule has 0 radical (unpaired) electrons. The van der Waals surface area contributed by atoms with Gasteiger partial charge in [-0.05, 0) is 57.0 Å². The van der Waals surface area contributed by atoms with Gasteiger partial charge >= 0.3 is 0 Å². The molecule has 0 saturated heterocycles. The SMILES string of the molecule is CNS(=O)(=O)c1ccc(S(=O)(=O)NC(C)(CN)CC(C)C)cc1C. The molecular weight excluding hydrogens is 350 g/mol. The number of aryl methyl sites for hydroxylation is 1. The molecule has 1 aromatic rings. The predicted octanol–water partition coefficient (Wildman–Crippen LogP) is 0.945. The summed E-state index contributed by atoms with van der Waals surface area (Å²) < 4.78 is 53.9. The smallest absolute Gasteiger partial charge is 0.241 e. The third-order valence-electron chi connectivity index (χ3n) is 3.71. The lowest BCUT2D eigenvalue weighted by atomic mass is 9.92. The van der Waals surface area contributed by atoms with Gasteiger partial charge in [-0.25, -0.2) is 26.3 Å². The zero-order valence-corrected chi connectivity index (χ0v) is 16.4. The monoisotopic (exact) mass is 377 g/mol. The molecule has 1 atom stereocenters. The number of nitrogens with two attached hydrogens (primary N) is 1. The Labute approximate surface area is 145 Å². The van der Waals surface area contributed by atoms with Crippen LogP contribution in [-0.2, 0) is 20.0 Å². The van der Waals surface area contributed by atoms with Crippen LogP contribution in [0.4, 0.5) is 0 Å². The molecule has 138 valence electrons. The third kappa shape index (κ3) is 5.00. The minimum atomic E-state index is -3.81. The highest BCUT2D eigenvalue weighted by atomic mass is 32.2. The van der Waals surface area contributed by atoms with Crippen molar-refractivity contribution in [2.45, 2.75) is 49.4 Å². The molecule has 0 fully saturated rings. The Balaban J connectivity index is 3.23. The van der Waals surface area contributed by atoms with E-state index < -0.39 is 25.6 Å². The first-order valence-corrected chi connectivity index (χ1v) is 10.6. The van der Waals surface area contributed by atoms with E-state index in [1.165, 1.54) is 25.2 Å². The fourth-order valence-electron chi connectivity index (χ4n) is 2.65. The van der Waals surface area contributed by atoms with Crippen LogP contribution in [0.15, 0.2) is 28.0 Å². The van der Waals surface area contributed by atoms with Crippen molar-refractivity contribution in [1.82, 2.24) is 9.44 Å². The van der Waals surface area contributed by atoms with Gasteiger partial charge in [0, 0.05) is 12.1 Å². The molecule has 0 aliphatic rings. The van der Waals surface area contributed by atoms with Crippen LogP contribution in [0.5, 0.6) is 0 Å². The lowest BCUT2D eigenvalue weighted by Gasteiger charge is -2.30. The van der Waals surface area contributed by atoms with Gasteiger partial charge in [-0.3, -0.25) is 0 Å². The van der Waals surface area contributed by atoms with Gasteiger partial charge in [0.1, 0.15) is 0 Å². The average Bonchev–Trinajstić information content (AvgIpc) is 2.45. The van der Waals surface area contributed by atoms with Crippen LogP contribution in [0.3, 0.4) is 0 Å². The van der Waals surface area contributed by atoms with Crippen LogP contribution >= 0.6 is 0 Å². The third-order valence-corrected chi connectivity index (χ3v) is 6.92. The van der Waals surface area contributed by atoms with E-state index in [0.29, 0.717) is 12.0 Å². The Morgan fingerprint density at radius 1 is 1.17 bits per heavy atom. The Kier molecular flexibility index (Phi) is 6.56. The van der Waals surface area contributed by atoms with Gasteiger partial charge in [-0.1, -0.05) is 13.8 Å². The Hall–Kier alpha value is -1.00. The predicted molar refractivity (Wildman–Crippen MR) is 94.7 cm³/mol. The summed E-state index contributed by atoms with van der Waals surface area (Å²) in [7, 11) is -6.14. The summed E-state index contributed by atoms with van der Waals surface area (Å²) in [4.78, 5) is 0.0613. The van der Waals surface area contributed by atoms with Gasteiger partial charge < -0.3 is 5.73 Å².